The Morgan fingerprint density at radius 3 is 2.45 bits per heavy atom. The lowest BCUT2D eigenvalue weighted by Gasteiger charge is -2.34. The van der Waals surface area contributed by atoms with E-state index in [0.717, 1.165) is 5.69 Å². The van der Waals surface area contributed by atoms with Crippen LogP contribution in [0.25, 0.3) is 0 Å². The van der Waals surface area contributed by atoms with Crippen LogP contribution in [0.2, 0.25) is 0 Å². The lowest BCUT2D eigenvalue weighted by molar-refractivity contribution is -0.139. The summed E-state index contributed by atoms with van der Waals surface area (Å²) >= 11 is 0. The van der Waals surface area contributed by atoms with E-state index in [1.165, 1.54) is 36.5 Å². The first kappa shape index (κ1) is 28.8. The van der Waals surface area contributed by atoms with Crippen LogP contribution in [0.1, 0.15) is 12.5 Å². The maximum Gasteiger partial charge on any atom is 0.423 e. The second-order valence-corrected chi connectivity index (χ2v) is 10.2. The second kappa shape index (κ2) is 11.5. The number of hydrogen-bond acceptors (Lipinski definition) is 9. The van der Waals surface area contributed by atoms with Crippen molar-refractivity contribution in [1.82, 2.24) is 14.3 Å². The zero-order valence-corrected chi connectivity index (χ0v) is 22.2. The summed E-state index contributed by atoms with van der Waals surface area (Å²) in [5, 5.41) is 10.6. The topological polar surface area (TPSA) is 152 Å². The van der Waals surface area contributed by atoms with Gasteiger partial charge in [0.15, 0.2) is 0 Å². The molecule has 1 aliphatic heterocycles. The summed E-state index contributed by atoms with van der Waals surface area (Å²) in [6, 6.07) is 10.9. The minimum absolute atomic E-state index is 0.0193. The molecule has 214 valence electrons. The molecule has 1 fully saturated rings. The average Bonchev–Trinajstić information content (AvgIpc) is 2.88. The molecule has 16 heteroatoms. The zero-order valence-electron chi connectivity index (χ0n) is 21.4. The van der Waals surface area contributed by atoms with E-state index in [-0.39, 0.29) is 30.7 Å². The van der Waals surface area contributed by atoms with Crippen molar-refractivity contribution in [3.63, 3.8) is 0 Å². The molecule has 12 nitrogen and oxygen atoms in total. The number of ether oxygens (including phenoxy) is 2. The maximum atomic E-state index is 13.7. The number of nitrogens with two attached hydrogens (primary N) is 1. The van der Waals surface area contributed by atoms with Gasteiger partial charge in [0.1, 0.15) is 17.1 Å². The minimum Gasteiger partial charge on any atom is -0.494 e. The molecule has 4 rings (SSSR count). The first-order valence-electron chi connectivity index (χ1n) is 11.8. The smallest absolute Gasteiger partial charge is 0.423 e. The number of benzene rings is 2. The van der Waals surface area contributed by atoms with Gasteiger partial charge in [-0.1, -0.05) is 6.07 Å². The molecule has 0 saturated carbocycles. The highest BCUT2D eigenvalue weighted by Crippen LogP contribution is 2.38. The normalized spacial score (nSPS) is 14.5. The lowest BCUT2D eigenvalue weighted by atomic mass is 10.2. The van der Waals surface area contributed by atoms with Gasteiger partial charge in [0.2, 0.25) is 17.7 Å². The largest absolute Gasteiger partial charge is 0.494 e. The van der Waals surface area contributed by atoms with Crippen molar-refractivity contribution in [2.75, 3.05) is 48.8 Å². The molecule has 0 radical (unpaired) electrons. The number of amides is 1. The van der Waals surface area contributed by atoms with E-state index in [1.54, 1.807) is 24.3 Å². The Labute approximate surface area is 228 Å². The van der Waals surface area contributed by atoms with Crippen LogP contribution in [0.4, 0.5) is 36.2 Å². The number of anilines is 4. The van der Waals surface area contributed by atoms with Crippen LogP contribution >= 0.6 is 0 Å². The molecule has 0 atom stereocenters. The summed E-state index contributed by atoms with van der Waals surface area (Å²) in [4.78, 5) is 21.0. The van der Waals surface area contributed by atoms with Crippen LogP contribution in [-0.4, -0.2) is 61.9 Å². The SMILES string of the molecule is COc1cc(N2CCN(S(N)(=O)=O)CC2)ccc1Nc1ncc(C(F)(F)F)c(Oc2cccc(NC(C)=O)c2)n1. The Bertz CT molecular complexity index is 1500. The summed E-state index contributed by atoms with van der Waals surface area (Å²) in [7, 11) is -2.34. The van der Waals surface area contributed by atoms with E-state index >= 15 is 0 Å². The molecule has 0 bridgehead atoms. The van der Waals surface area contributed by atoms with Crippen molar-refractivity contribution >= 4 is 39.1 Å². The Morgan fingerprint density at radius 1 is 1.10 bits per heavy atom. The first-order valence-corrected chi connectivity index (χ1v) is 13.3. The molecule has 1 aromatic heterocycles. The monoisotopic (exact) mass is 581 g/mol. The summed E-state index contributed by atoms with van der Waals surface area (Å²) in [5.74, 6) is -0.916. The van der Waals surface area contributed by atoms with Gasteiger partial charge in [-0.05, 0) is 24.3 Å². The van der Waals surface area contributed by atoms with Crippen LogP contribution in [0.5, 0.6) is 17.4 Å². The third kappa shape index (κ3) is 7.08. The number of methoxy groups -OCH3 is 1. The number of carbonyl (C=O) groups is 1. The van der Waals surface area contributed by atoms with Gasteiger partial charge < -0.3 is 25.0 Å². The highest BCUT2D eigenvalue weighted by Gasteiger charge is 2.36. The molecule has 4 N–H and O–H groups in total. The predicted octanol–water partition coefficient (Wildman–Crippen LogP) is 3.32. The first-order chi connectivity index (χ1) is 18.8. The van der Waals surface area contributed by atoms with Crippen molar-refractivity contribution in [2.24, 2.45) is 5.14 Å². The van der Waals surface area contributed by atoms with Crippen molar-refractivity contribution < 1.29 is 35.9 Å². The lowest BCUT2D eigenvalue weighted by Crippen LogP contribution is -2.50. The fourth-order valence-corrected chi connectivity index (χ4v) is 4.62. The molecule has 0 spiro atoms. The molecule has 3 aromatic rings. The Kier molecular flexibility index (Phi) is 8.32. The molecule has 1 aliphatic rings. The minimum atomic E-state index is -4.80. The molecular weight excluding hydrogens is 555 g/mol. The van der Waals surface area contributed by atoms with E-state index < -0.39 is 27.8 Å². The molecule has 2 heterocycles. The standard InChI is InChI=1S/C24H26F3N7O5S/c1-15(35)30-16-4-3-5-18(12-16)39-22-19(24(25,26)27)14-29-23(32-22)31-20-7-6-17(13-21(20)38-2)33-8-10-34(11-9-33)40(28,36)37/h3-7,12-14H,8-11H2,1-2H3,(H,30,35)(H2,28,36,37)(H,29,31,32). The van der Waals surface area contributed by atoms with Gasteiger partial charge in [0, 0.05) is 62.8 Å². The number of nitrogens with one attached hydrogen (secondary N) is 2. The third-order valence-electron chi connectivity index (χ3n) is 5.82. The molecule has 40 heavy (non-hydrogen) atoms. The number of carbonyl (C=O) groups excluding carboxylic acids is 1. The number of nitrogens with zero attached hydrogens (tertiary/aromatic N) is 4. The van der Waals surface area contributed by atoms with Crippen LogP contribution < -0.4 is 30.1 Å². The van der Waals surface area contributed by atoms with Crippen LogP contribution in [0.15, 0.2) is 48.7 Å². The quantitative estimate of drug-likeness (QED) is 0.364. The van der Waals surface area contributed by atoms with Gasteiger partial charge in [0.25, 0.3) is 10.2 Å². The Hall–Kier alpha value is -4.15. The Morgan fingerprint density at radius 2 is 1.82 bits per heavy atom. The van der Waals surface area contributed by atoms with Crippen molar-refractivity contribution in [2.45, 2.75) is 13.1 Å². The summed E-state index contributed by atoms with van der Waals surface area (Å²) in [5.41, 5.74) is 0.256. The summed E-state index contributed by atoms with van der Waals surface area (Å²) in [6.07, 6.45) is -4.19. The average molecular weight is 582 g/mol. The van der Waals surface area contributed by atoms with Crippen LogP contribution in [-0.2, 0) is 21.2 Å². The van der Waals surface area contributed by atoms with Gasteiger partial charge in [0.05, 0.1) is 12.8 Å². The fourth-order valence-electron chi connectivity index (χ4n) is 3.95. The number of hydrogen-bond donors (Lipinski definition) is 3. The van der Waals surface area contributed by atoms with E-state index in [1.807, 2.05) is 4.90 Å². The number of halogens is 3. The molecule has 2 aromatic carbocycles. The van der Waals surface area contributed by atoms with Gasteiger partial charge in [-0.3, -0.25) is 4.79 Å². The number of aromatic nitrogens is 2. The molecule has 0 aliphatic carbocycles. The van der Waals surface area contributed by atoms with Crippen LogP contribution in [0.3, 0.4) is 0 Å². The highest BCUT2D eigenvalue weighted by atomic mass is 32.2. The number of rotatable bonds is 8. The molecular formula is C24H26F3N7O5S. The van der Waals surface area contributed by atoms with Gasteiger partial charge in [-0.15, -0.1) is 0 Å². The zero-order chi connectivity index (χ0) is 29.1. The molecule has 0 unspecified atom stereocenters. The van der Waals surface area contributed by atoms with Gasteiger partial charge in [-0.2, -0.15) is 30.9 Å². The van der Waals surface area contributed by atoms with Crippen molar-refractivity contribution in [3.8, 4) is 17.4 Å². The van der Waals surface area contributed by atoms with Crippen molar-refractivity contribution in [3.05, 3.63) is 54.2 Å². The molecule has 1 saturated heterocycles. The Balaban J connectivity index is 1.57. The molecule has 1 amide bonds. The highest BCUT2D eigenvalue weighted by molar-refractivity contribution is 7.86. The van der Waals surface area contributed by atoms with E-state index in [2.05, 4.69) is 20.6 Å². The van der Waals surface area contributed by atoms with Gasteiger partial charge in [-0.25, -0.2) is 10.1 Å². The predicted molar refractivity (Wildman–Crippen MR) is 141 cm³/mol. The van der Waals surface area contributed by atoms with E-state index in [0.29, 0.717) is 36.4 Å². The number of piperazine rings is 1. The van der Waals surface area contributed by atoms with Gasteiger partial charge >= 0.3 is 6.18 Å². The van der Waals surface area contributed by atoms with Crippen LogP contribution in [0, 0.1) is 0 Å². The second-order valence-electron chi connectivity index (χ2n) is 8.66. The summed E-state index contributed by atoms with van der Waals surface area (Å²) < 4.78 is 76.3. The third-order valence-corrected chi connectivity index (χ3v) is 6.91. The van der Waals surface area contributed by atoms with E-state index in [9.17, 15) is 26.4 Å². The van der Waals surface area contributed by atoms with Crippen molar-refractivity contribution in [1.29, 1.82) is 0 Å². The number of alkyl halides is 3. The summed E-state index contributed by atoms with van der Waals surface area (Å²) in [6.45, 7) is 2.54. The fraction of sp³-hybridized carbons (Fsp3) is 0.292. The van der Waals surface area contributed by atoms with E-state index in [4.69, 9.17) is 14.6 Å². The maximum absolute atomic E-state index is 13.7.